The number of carboxylic acid groups (broad SMARTS) is 1. The van der Waals surface area contributed by atoms with Gasteiger partial charge in [0, 0.05) is 13.0 Å². The van der Waals surface area contributed by atoms with E-state index < -0.39 is 42.0 Å². The fourth-order valence-corrected chi connectivity index (χ4v) is 3.86. The van der Waals surface area contributed by atoms with Crippen LogP contribution < -0.4 is 16.4 Å². The van der Waals surface area contributed by atoms with E-state index >= 15 is 0 Å². The molecule has 4 unspecified atom stereocenters. The van der Waals surface area contributed by atoms with Gasteiger partial charge < -0.3 is 26.4 Å². The Labute approximate surface area is 188 Å². The van der Waals surface area contributed by atoms with Crippen LogP contribution in [0.25, 0.3) is 0 Å². The number of nitrogens with one attached hydrogen (secondary N) is 2. The first-order valence-corrected chi connectivity index (χ1v) is 11.0. The number of carbonyl (C=O) groups is 4. The highest BCUT2D eigenvalue weighted by Gasteiger charge is 2.37. The lowest BCUT2D eigenvalue weighted by molar-refractivity contribution is -0.143. The number of carbonyl (C=O) groups excluding carboxylic acids is 3. The van der Waals surface area contributed by atoms with Gasteiger partial charge in [0.15, 0.2) is 0 Å². The molecule has 1 aromatic carbocycles. The molecule has 1 aliphatic rings. The van der Waals surface area contributed by atoms with E-state index in [0.717, 1.165) is 5.56 Å². The summed E-state index contributed by atoms with van der Waals surface area (Å²) in [5.74, 6) is -2.36. The van der Waals surface area contributed by atoms with Crippen LogP contribution >= 0.6 is 0 Å². The van der Waals surface area contributed by atoms with E-state index in [4.69, 9.17) is 5.73 Å². The van der Waals surface area contributed by atoms with Crippen LogP contribution in [0.5, 0.6) is 0 Å². The fourth-order valence-electron chi connectivity index (χ4n) is 3.86. The lowest BCUT2D eigenvalue weighted by atomic mass is 10.0. The van der Waals surface area contributed by atoms with Gasteiger partial charge in [-0.3, -0.25) is 14.4 Å². The Kier molecular flexibility index (Phi) is 9.19. The molecule has 0 bridgehead atoms. The van der Waals surface area contributed by atoms with Crippen LogP contribution in [0.2, 0.25) is 0 Å². The molecule has 1 heterocycles. The lowest BCUT2D eigenvalue weighted by Crippen LogP contribution is -2.56. The highest BCUT2D eigenvalue weighted by molar-refractivity contribution is 5.94. The molecule has 176 valence electrons. The number of amides is 3. The molecule has 9 nitrogen and oxygen atoms in total. The summed E-state index contributed by atoms with van der Waals surface area (Å²) in [6, 6.07) is 5.58. The van der Waals surface area contributed by atoms with E-state index in [0.29, 0.717) is 25.8 Å². The maximum absolute atomic E-state index is 13.0. The number of carboxylic acids is 1. The van der Waals surface area contributed by atoms with Crippen molar-refractivity contribution < 1.29 is 24.3 Å². The van der Waals surface area contributed by atoms with Crippen LogP contribution in [0.3, 0.4) is 0 Å². The quantitative estimate of drug-likeness (QED) is 0.416. The Morgan fingerprint density at radius 2 is 1.75 bits per heavy atom. The zero-order valence-electron chi connectivity index (χ0n) is 18.9. The van der Waals surface area contributed by atoms with Crippen molar-refractivity contribution in [2.24, 2.45) is 11.7 Å². The Balaban J connectivity index is 2.10. The summed E-state index contributed by atoms with van der Waals surface area (Å²) in [5, 5.41) is 14.9. The highest BCUT2D eigenvalue weighted by Crippen LogP contribution is 2.19. The third-order valence-electron chi connectivity index (χ3n) is 5.47. The first kappa shape index (κ1) is 25.3. The standard InChI is InChI=1S/C23H34N4O5/c1-14(2)12-17(25-21(29)19-10-7-11-27(19)22(30)15(3)24)20(28)26-18(23(31)32)13-16-8-5-4-6-9-16/h4-6,8-9,14-15,17-19H,7,10-13,24H2,1-3H3,(H,25,29)(H,26,28)(H,31,32). The molecular weight excluding hydrogens is 412 g/mol. The lowest BCUT2D eigenvalue weighted by Gasteiger charge is -2.28. The maximum atomic E-state index is 13.0. The van der Waals surface area contributed by atoms with E-state index in [9.17, 15) is 24.3 Å². The second kappa shape index (κ2) is 11.6. The van der Waals surface area contributed by atoms with Crippen molar-refractivity contribution in [3.63, 3.8) is 0 Å². The largest absolute Gasteiger partial charge is 0.480 e. The summed E-state index contributed by atoms with van der Waals surface area (Å²) in [6.45, 7) is 5.83. The Hall–Kier alpha value is -2.94. The molecule has 0 radical (unpaired) electrons. The molecule has 1 aromatic rings. The van der Waals surface area contributed by atoms with E-state index in [-0.39, 0.29) is 18.2 Å². The first-order chi connectivity index (χ1) is 15.1. The van der Waals surface area contributed by atoms with Gasteiger partial charge >= 0.3 is 5.97 Å². The first-order valence-electron chi connectivity index (χ1n) is 11.0. The highest BCUT2D eigenvalue weighted by atomic mass is 16.4. The van der Waals surface area contributed by atoms with Gasteiger partial charge in [0.2, 0.25) is 17.7 Å². The second-order valence-corrected chi connectivity index (χ2v) is 8.76. The van der Waals surface area contributed by atoms with E-state index in [1.54, 1.807) is 31.2 Å². The number of nitrogens with two attached hydrogens (primary N) is 1. The van der Waals surface area contributed by atoms with Crippen molar-refractivity contribution in [3.8, 4) is 0 Å². The molecule has 1 aliphatic heterocycles. The fraction of sp³-hybridized carbons (Fsp3) is 0.565. The number of benzene rings is 1. The van der Waals surface area contributed by atoms with Crippen LogP contribution in [0.4, 0.5) is 0 Å². The average molecular weight is 447 g/mol. The van der Waals surface area contributed by atoms with Gasteiger partial charge in [0.25, 0.3) is 0 Å². The maximum Gasteiger partial charge on any atom is 0.326 e. The van der Waals surface area contributed by atoms with E-state index in [1.807, 2.05) is 19.9 Å². The third-order valence-corrected chi connectivity index (χ3v) is 5.47. The summed E-state index contributed by atoms with van der Waals surface area (Å²) >= 11 is 0. The van der Waals surface area contributed by atoms with Crippen molar-refractivity contribution in [2.45, 2.75) is 70.6 Å². The molecule has 3 amide bonds. The predicted molar refractivity (Wildman–Crippen MR) is 119 cm³/mol. The molecule has 0 aromatic heterocycles. The Morgan fingerprint density at radius 3 is 2.31 bits per heavy atom. The molecule has 0 spiro atoms. The zero-order valence-corrected chi connectivity index (χ0v) is 18.9. The minimum Gasteiger partial charge on any atom is -0.480 e. The van der Waals surface area contributed by atoms with Crippen molar-refractivity contribution in [2.75, 3.05) is 6.54 Å². The van der Waals surface area contributed by atoms with Gasteiger partial charge in [-0.05, 0) is 37.7 Å². The normalized spacial score (nSPS) is 18.7. The van der Waals surface area contributed by atoms with Crippen molar-refractivity contribution in [1.82, 2.24) is 15.5 Å². The number of likely N-dealkylation sites (tertiary alicyclic amines) is 1. The monoisotopic (exact) mass is 446 g/mol. The molecule has 5 N–H and O–H groups in total. The molecule has 4 atom stereocenters. The summed E-state index contributed by atoms with van der Waals surface area (Å²) in [5.41, 5.74) is 6.48. The minimum absolute atomic E-state index is 0.0776. The SMILES string of the molecule is CC(C)CC(NC(=O)C1CCCN1C(=O)C(C)N)C(=O)NC(Cc1ccccc1)C(=O)O. The van der Waals surface area contributed by atoms with Gasteiger partial charge in [-0.1, -0.05) is 44.2 Å². The number of nitrogens with zero attached hydrogens (tertiary/aromatic N) is 1. The van der Waals surface area contributed by atoms with Crippen LogP contribution in [0.15, 0.2) is 30.3 Å². The molecular formula is C23H34N4O5. The predicted octanol–water partition coefficient (Wildman–Crippen LogP) is 0.668. The zero-order chi connectivity index (χ0) is 23.8. The number of rotatable bonds is 10. The second-order valence-electron chi connectivity index (χ2n) is 8.76. The summed E-state index contributed by atoms with van der Waals surface area (Å²) in [4.78, 5) is 51.4. The number of hydrogen-bond acceptors (Lipinski definition) is 5. The smallest absolute Gasteiger partial charge is 0.326 e. The Bertz CT molecular complexity index is 812. The summed E-state index contributed by atoms with van der Waals surface area (Å²) in [7, 11) is 0. The third kappa shape index (κ3) is 7.05. The van der Waals surface area contributed by atoms with Gasteiger partial charge in [-0.2, -0.15) is 0 Å². The van der Waals surface area contributed by atoms with Crippen molar-refractivity contribution in [3.05, 3.63) is 35.9 Å². The molecule has 9 heteroatoms. The molecule has 1 saturated heterocycles. The van der Waals surface area contributed by atoms with Gasteiger partial charge in [0.05, 0.1) is 6.04 Å². The van der Waals surface area contributed by atoms with E-state index in [2.05, 4.69) is 10.6 Å². The van der Waals surface area contributed by atoms with E-state index in [1.165, 1.54) is 4.90 Å². The van der Waals surface area contributed by atoms with Crippen LogP contribution in [0.1, 0.15) is 45.6 Å². The van der Waals surface area contributed by atoms with Crippen molar-refractivity contribution in [1.29, 1.82) is 0 Å². The van der Waals surface area contributed by atoms with Crippen LogP contribution in [0, 0.1) is 5.92 Å². The molecule has 2 rings (SSSR count). The molecule has 1 fully saturated rings. The van der Waals surface area contributed by atoms with Crippen LogP contribution in [-0.2, 0) is 25.6 Å². The summed E-state index contributed by atoms with van der Waals surface area (Å²) < 4.78 is 0. The van der Waals surface area contributed by atoms with Crippen molar-refractivity contribution >= 4 is 23.7 Å². The van der Waals surface area contributed by atoms with Gasteiger partial charge in [0.1, 0.15) is 18.1 Å². The Morgan fingerprint density at radius 1 is 1.09 bits per heavy atom. The average Bonchev–Trinajstić information content (AvgIpc) is 3.22. The molecule has 0 aliphatic carbocycles. The summed E-state index contributed by atoms with van der Waals surface area (Å²) in [6.07, 6.45) is 1.63. The van der Waals surface area contributed by atoms with Gasteiger partial charge in [-0.25, -0.2) is 4.79 Å². The number of hydrogen-bond donors (Lipinski definition) is 4. The van der Waals surface area contributed by atoms with Gasteiger partial charge in [-0.15, -0.1) is 0 Å². The molecule has 0 saturated carbocycles. The van der Waals surface area contributed by atoms with Crippen LogP contribution in [-0.4, -0.2) is 64.4 Å². The minimum atomic E-state index is -1.15. The molecule has 32 heavy (non-hydrogen) atoms. The number of aliphatic carboxylic acids is 1. The topological polar surface area (TPSA) is 142 Å².